The van der Waals surface area contributed by atoms with E-state index in [1.807, 2.05) is 0 Å². The van der Waals surface area contributed by atoms with Crippen molar-refractivity contribution in [3.63, 3.8) is 0 Å². The van der Waals surface area contributed by atoms with Crippen LogP contribution >= 0.6 is 0 Å². The number of nitrogens with zero attached hydrogens (tertiary/aromatic N) is 1. The zero-order valence-electron chi connectivity index (χ0n) is 8.15. The maximum atomic E-state index is 4.43. The van der Waals surface area contributed by atoms with E-state index in [0.29, 0.717) is 0 Å². The Bertz CT molecular complexity index is 154. The second-order valence-electron chi connectivity index (χ2n) is 2.85. The number of aliphatic imine (C=N–C) groups is 1. The summed E-state index contributed by atoms with van der Waals surface area (Å²) in [5.74, 6) is 0. The number of allylic oxidation sites excluding steroid dienone is 2. The largest absolute Gasteiger partial charge is 0.263 e. The fourth-order valence-electron chi connectivity index (χ4n) is 1.06. The minimum atomic E-state index is 1.08. The molecule has 0 N–H and O–H groups in total. The van der Waals surface area contributed by atoms with Gasteiger partial charge >= 0.3 is 0 Å². The van der Waals surface area contributed by atoms with Gasteiger partial charge in [0.05, 0.1) is 0 Å². The van der Waals surface area contributed by atoms with E-state index in [1.165, 1.54) is 12.1 Å². The first-order valence-electron chi connectivity index (χ1n) is 4.41. The Hall–Kier alpha value is -0.590. The molecular weight excluding hydrogens is 134 g/mol. The summed E-state index contributed by atoms with van der Waals surface area (Å²) in [6, 6.07) is 0. The van der Waals surface area contributed by atoms with Crippen molar-refractivity contribution in [3.05, 3.63) is 11.8 Å². The molecule has 0 saturated carbocycles. The molecule has 0 aliphatic rings. The fourth-order valence-corrected chi connectivity index (χ4v) is 1.06. The molecule has 1 heteroatoms. The van der Waals surface area contributed by atoms with E-state index in [2.05, 4.69) is 38.8 Å². The number of rotatable bonds is 4. The van der Waals surface area contributed by atoms with Crippen LogP contribution in [-0.4, -0.2) is 5.71 Å². The van der Waals surface area contributed by atoms with Gasteiger partial charge in [-0.25, -0.2) is 0 Å². The quantitative estimate of drug-likeness (QED) is 0.547. The minimum Gasteiger partial charge on any atom is -0.263 e. The van der Waals surface area contributed by atoms with Crippen molar-refractivity contribution >= 4 is 5.71 Å². The van der Waals surface area contributed by atoms with Gasteiger partial charge in [0.1, 0.15) is 0 Å². The highest BCUT2D eigenvalue weighted by molar-refractivity contribution is 5.82. The summed E-state index contributed by atoms with van der Waals surface area (Å²) in [6.07, 6.45) is 5.54. The SMILES string of the molecule is CC/C=C(/C)N=C(C)CCC. The topological polar surface area (TPSA) is 12.4 Å². The molecule has 0 bridgehead atoms. The van der Waals surface area contributed by atoms with Crippen LogP contribution in [0.5, 0.6) is 0 Å². The number of hydrogen-bond donors (Lipinski definition) is 0. The van der Waals surface area contributed by atoms with Crippen molar-refractivity contribution < 1.29 is 0 Å². The van der Waals surface area contributed by atoms with Crippen molar-refractivity contribution in [1.29, 1.82) is 0 Å². The summed E-state index contributed by atoms with van der Waals surface area (Å²) in [5.41, 5.74) is 2.40. The molecule has 0 aliphatic carbocycles. The Morgan fingerprint density at radius 1 is 1.27 bits per heavy atom. The van der Waals surface area contributed by atoms with Crippen LogP contribution in [-0.2, 0) is 0 Å². The predicted octanol–water partition coefficient (Wildman–Crippen LogP) is 3.56. The zero-order chi connectivity index (χ0) is 8.69. The third-order valence-electron chi connectivity index (χ3n) is 1.48. The summed E-state index contributed by atoms with van der Waals surface area (Å²) >= 11 is 0. The summed E-state index contributed by atoms with van der Waals surface area (Å²) < 4.78 is 0. The van der Waals surface area contributed by atoms with E-state index in [1.54, 1.807) is 0 Å². The molecule has 0 fully saturated rings. The van der Waals surface area contributed by atoms with Gasteiger partial charge in [-0.2, -0.15) is 0 Å². The maximum Gasteiger partial charge on any atom is 0.0332 e. The van der Waals surface area contributed by atoms with Gasteiger partial charge in [-0.15, -0.1) is 0 Å². The first-order chi connectivity index (χ1) is 5.20. The van der Waals surface area contributed by atoms with Gasteiger partial charge in [-0.05, 0) is 26.7 Å². The monoisotopic (exact) mass is 153 g/mol. The Kier molecular flexibility index (Phi) is 5.81. The highest BCUT2D eigenvalue weighted by Crippen LogP contribution is 2.00. The van der Waals surface area contributed by atoms with Crippen LogP contribution < -0.4 is 0 Å². The van der Waals surface area contributed by atoms with E-state index in [0.717, 1.165) is 18.5 Å². The van der Waals surface area contributed by atoms with Crippen LogP contribution in [0.1, 0.15) is 47.0 Å². The third-order valence-corrected chi connectivity index (χ3v) is 1.48. The molecule has 64 valence electrons. The molecule has 1 nitrogen and oxygen atoms in total. The molecule has 11 heavy (non-hydrogen) atoms. The third kappa shape index (κ3) is 5.84. The lowest BCUT2D eigenvalue weighted by atomic mass is 10.2. The summed E-state index contributed by atoms with van der Waals surface area (Å²) in [5, 5.41) is 0. The minimum absolute atomic E-state index is 1.08. The van der Waals surface area contributed by atoms with Crippen LogP contribution in [0.25, 0.3) is 0 Å². The molecule has 0 unspecified atom stereocenters. The fraction of sp³-hybridized carbons (Fsp3) is 0.700. The molecule has 0 spiro atoms. The van der Waals surface area contributed by atoms with Gasteiger partial charge in [0.25, 0.3) is 0 Å². The van der Waals surface area contributed by atoms with Crippen molar-refractivity contribution in [3.8, 4) is 0 Å². The van der Waals surface area contributed by atoms with E-state index in [9.17, 15) is 0 Å². The first-order valence-corrected chi connectivity index (χ1v) is 4.41. The normalized spacial score (nSPS) is 13.8. The molecule has 0 aromatic heterocycles. The van der Waals surface area contributed by atoms with Crippen molar-refractivity contribution in [2.24, 2.45) is 4.99 Å². The Labute approximate surface area is 70.2 Å². The van der Waals surface area contributed by atoms with Crippen LogP contribution in [0.3, 0.4) is 0 Å². The zero-order valence-corrected chi connectivity index (χ0v) is 8.15. The molecule has 0 radical (unpaired) electrons. The lowest BCUT2D eigenvalue weighted by Crippen LogP contribution is -1.89. The van der Waals surface area contributed by atoms with Crippen LogP contribution in [0.4, 0.5) is 0 Å². The van der Waals surface area contributed by atoms with E-state index in [-0.39, 0.29) is 0 Å². The predicted molar refractivity (Wildman–Crippen MR) is 52.1 cm³/mol. The second-order valence-corrected chi connectivity index (χ2v) is 2.85. The van der Waals surface area contributed by atoms with Crippen molar-refractivity contribution in [2.45, 2.75) is 47.0 Å². The van der Waals surface area contributed by atoms with Gasteiger partial charge in [0.15, 0.2) is 0 Å². The molecule has 0 heterocycles. The number of hydrogen-bond acceptors (Lipinski definition) is 1. The summed E-state index contributed by atoms with van der Waals surface area (Å²) in [7, 11) is 0. The van der Waals surface area contributed by atoms with Crippen molar-refractivity contribution in [2.75, 3.05) is 0 Å². The molecule has 0 saturated heterocycles. The van der Waals surface area contributed by atoms with Gasteiger partial charge < -0.3 is 0 Å². The Balaban J connectivity index is 3.96. The molecule has 0 aliphatic heterocycles. The standard InChI is InChI=1S/C10H19N/c1-5-7-9(3)11-10(4)8-6-2/h7H,5-6,8H2,1-4H3/b9-7-,11-10?. The van der Waals surface area contributed by atoms with Gasteiger partial charge in [-0.3, -0.25) is 4.99 Å². The van der Waals surface area contributed by atoms with E-state index in [4.69, 9.17) is 0 Å². The molecule has 0 amide bonds. The van der Waals surface area contributed by atoms with Gasteiger partial charge in [-0.1, -0.05) is 26.3 Å². The average molecular weight is 153 g/mol. The van der Waals surface area contributed by atoms with Crippen LogP contribution in [0, 0.1) is 0 Å². The lowest BCUT2D eigenvalue weighted by molar-refractivity contribution is 0.982. The smallest absolute Gasteiger partial charge is 0.0332 e. The molecular formula is C10H19N. The average Bonchev–Trinajstić information content (AvgIpc) is 1.87. The molecule has 0 aromatic carbocycles. The van der Waals surface area contributed by atoms with E-state index < -0.39 is 0 Å². The van der Waals surface area contributed by atoms with Gasteiger partial charge in [0, 0.05) is 11.4 Å². The molecule has 0 atom stereocenters. The Morgan fingerprint density at radius 3 is 2.36 bits per heavy atom. The van der Waals surface area contributed by atoms with Gasteiger partial charge in [0.2, 0.25) is 0 Å². The van der Waals surface area contributed by atoms with Crippen LogP contribution in [0.15, 0.2) is 16.8 Å². The highest BCUT2D eigenvalue weighted by Gasteiger charge is 1.88. The summed E-state index contributed by atoms with van der Waals surface area (Å²) in [6.45, 7) is 8.46. The molecule has 0 aromatic rings. The lowest BCUT2D eigenvalue weighted by Gasteiger charge is -1.97. The summed E-state index contributed by atoms with van der Waals surface area (Å²) in [4.78, 5) is 4.43. The molecule has 0 rings (SSSR count). The van der Waals surface area contributed by atoms with E-state index >= 15 is 0 Å². The second kappa shape index (κ2) is 6.14. The van der Waals surface area contributed by atoms with Crippen LogP contribution in [0.2, 0.25) is 0 Å². The van der Waals surface area contributed by atoms with Crippen molar-refractivity contribution in [1.82, 2.24) is 0 Å². The first kappa shape index (κ1) is 10.4. The Morgan fingerprint density at radius 2 is 1.91 bits per heavy atom. The maximum absolute atomic E-state index is 4.43. The highest BCUT2D eigenvalue weighted by atomic mass is 14.7.